The number of nitrogens with one attached hydrogen (secondary N) is 3. The van der Waals surface area contributed by atoms with E-state index in [2.05, 4.69) is 16.0 Å². The van der Waals surface area contributed by atoms with Crippen LogP contribution in [0.15, 0.2) is 78.9 Å². The lowest BCUT2D eigenvalue weighted by atomic mass is 10.1. The zero-order valence-corrected chi connectivity index (χ0v) is 19.9. The summed E-state index contributed by atoms with van der Waals surface area (Å²) < 4.78 is 4.91. The van der Waals surface area contributed by atoms with Crippen molar-refractivity contribution in [2.75, 3.05) is 44.5 Å². The summed E-state index contributed by atoms with van der Waals surface area (Å²) in [6.45, 7) is 1.40. The van der Waals surface area contributed by atoms with Gasteiger partial charge in [-0.2, -0.15) is 0 Å². The Balaban J connectivity index is 1.50. The molecular formula is C27H30N4O4. The van der Waals surface area contributed by atoms with Gasteiger partial charge < -0.3 is 25.6 Å². The molecule has 0 heterocycles. The first-order chi connectivity index (χ1) is 17.0. The van der Waals surface area contributed by atoms with Crippen LogP contribution in [0.25, 0.3) is 0 Å². The molecule has 3 amide bonds. The summed E-state index contributed by atoms with van der Waals surface area (Å²) >= 11 is 0. The molecule has 0 aliphatic heterocycles. The summed E-state index contributed by atoms with van der Waals surface area (Å²) in [6.07, 6.45) is 0. The highest BCUT2D eigenvalue weighted by Gasteiger charge is 2.13. The van der Waals surface area contributed by atoms with Crippen molar-refractivity contribution in [1.82, 2.24) is 10.2 Å². The topological polar surface area (TPSA) is 99.8 Å². The molecular weight excluding hydrogens is 444 g/mol. The highest BCUT2D eigenvalue weighted by molar-refractivity contribution is 5.97. The van der Waals surface area contributed by atoms with E-state index in [1.54, 1.807) is 67.6 Å². The largest absolute Gasteiger partial charge is 0.383 e. The number of hydrogen-bond acceptors (Lipinski definition) is 5. The van der Waals surface area contributed by atoms with Gasteiger partial charge in [-0.15, -0.1) is 0 Å². The third kappa shape index (κ3) is 7.97. The molecule has 8 nitrogen and oxygen atoms in total. The molecule has 0 fully saturated rings. The van der Waals surface area contributed by atoms with Crippen LogP contribution in [0.2, 0.25) is 0 Å². The second-order valence-corrected chi connectivity index (χ2v) is 7.96. The number of carbonyl (C=O) groups excluding carboxylic acids is 3. The number of amides is 3. The van der Waals surface area contributed by atoms with Crippen molar-refractivity contribution in [1.29, 1.82) is 0 Å². The van der Waals surface area contributed by atoms with E-state index in [-0.39, 0.29) is 24.3 Å². The van der Waals surface area contributed by atoms with Crippen molar-refractivity contribution in [2.45, 2.75) is 6.54 Å². The zero-order valence-electron chi connectivity index (χ0n) is 19.9. The molecule has 0 saturated carbocycles. The minimum absolute atomic E-state index is 0.0246. The van der Waals surface area contributed by atoms with Gasteiger partial charge in [0.15, 0.2) is 0 Å². The lowest BCUT2D eigenvalue weighted by Crippen LogP contribution is -2.27. The summed E-state index contributed by atoms with van der Waals surface area (Å²) in [7, 11) is 3.33. The van der Waals surface area contributed by atoms with E-state index < -0.39 is 0 Å². The fourth-order valence-corrected chi connectivity index (χ4v) is 3.37. The smallest absolute Gasteiger partial charge is 0.253 e. The zero-order chi connectivity index (χ0) is 25.0. The number of methoxy groups -OCH3 is 1. The predicted octanol–water partition coefficient (Wildman–Crippen LogP) is 3.39. The molecule has 0 spiro atoms. The van der Waals surface area contributed by atoms with Crippen LogP contribution in [0.1, 0.15) is 26.3 Å². The predicted molar refractivity (Wildman–Crippen MR) is 136 cm³/mol. The van der Waals surface area contributed by atoms with E-state index in [1.807, 2.05) is 30.3 Å². The summed E-state index contributed by atoms with van der Waals surface area (Å²) in [5, 5.41) is 8.57. The first-order valence-corrected chi connectivity index (χ1v) is 11.3. The second kappa shape index (κ2) is 12.9. The van der Waals surface area contributed by atoms with Gasteiger partial charge in [-0.05, 0) is 48.0 Å². The van der Waals surface area contributed by atoms with Gasteiger partial charge in [0.2, 0.25) is 5.91 Å². The molecule has 0 radical (unpaired) electrons. The molecule has 3 aromatic rings. The minimum Gasteiger partial charge on any atom is -0.383 e. The highest BCUT2D eigenvalue weighted by atomic mass is 16.5. The highest BCUT2D eigenvalue weighted by Crippen LogP contribution is 2.14. The van der Waals surface area contributed by atoms with Gasteiger partial charge in [0.05, 0.1) is 13.2 Å². The molecule has 3 N–H and O–H groups in total. The molecule has 0 aliphatic rings. The third-order valence-electron chi connectivity index (χ3n) is 5.19. The second-order valence-electron chi connectivity index (χ2n) is 7.96. The summed E-state index contributed by atoms with van der Waals surface area (Å²) in [4.78, 5) is 38.9. The number of hydrogen-bond donors (Lipinski definition) is 3. The Morgan fingerprint density at radius 1 is 0.857 bits per heavy atom. The molecule has 0 aromatic heterocycles. The minimum atomic E-state index is -0.250. The molecule has 0 unspecified atom stereocenters. The average Bonchev–Trinajstić information content (AvgIpc) is 2.88. The van der Waals surface area contributed by atoms with Crippen LogP contribution in [-0.4, -0.2) is 56.5 Å². The molecule has 0 atom stereocenters. The Morgan fingerprint density at radius 3 is 2.31 bits per heavy atom. The lowest BCUT2D eigenvalue weighted by Gasteiger charge is -2.18. The normalized spacial score (nSPS) is 10.3. The molecule has 3 rings (SSSR count). The van der Waals surface area contributed by atoms with E-state index in [0.717, 1.165) is 5.56 Å². The molecule has 35 heavy (non-hydrogen) atoms. The van der Waals surface area contributed by atoms with Crippen molar-refractivity contribution in [3.05, 3.63) is 95.6 Å². The van der Waals surface area contributed by atoms with Gasteiger partial charge >= 0.3 is 0 Å². The van der Waals surface area contributed by atoms with Crippen LogP contribution in [-0.2, 0) is 16.1 Å². The van der Waals surface area contributed by atoms with Gasteiger partial charge in [-0.3, -0.25) is 14.4 Å². The van der Waals surface area contributed by atoms with E-state index in [9.17, 15) is 14.4 Å². The lowest BCUT2D eigenvalue weighted by molar-refractivity contribution is -0.114. The van der Waals surface area contributed by atoms with Crippen LogP contribution in [0, 0.1) is 0 Å². The summed E-state index contributed by atoms with van der Waals surface area (Å²) in [5.41, 5.74) is 3.33. The first kappa shape index (κ1) is 25.5. The van der Waals surface area contributed by atoms with E-state index in [1.165, 1.54) is 0 Å². The Labute approximate surface area is 205 Å². The fourth-order valence-electron chi connectivity index (χ4n) is 3.37. The van der Waals surface area contributed by atoms with Crippen molar-refractivity contribution in [3.63, 3.8) is 0 Å². The molecule has 0 saturated heterocycles. The molecule has 182 valence electrons. The van der Waals surface area contributed by atoms with Crippen LogP contribution in [0.4, 0.5) is 11.4 Å². The van der Waals surface area contributed by atoms with Crippen molar-refractivity contribution in [3.8, 4) is 0 Å². The number of rotatable bonds is 11. The van der Waals surface area contributed by atoms with Gasteiger partial charge in [0.1, 0.15) is 0 Å². The Bertz CT molecular complexity index is 1130. The van der Waals surface area contributed by atoms with E-state index in [4.69, 9.17) is 4.74 Å². The quantitative estimate of drug-likeness (QED) is 0.370. The number of carbonyl (C=O) groups is 3. The fraction of sp³-hybridized carbons (Fsp3) is 0.222. The standard InChI is InChI=1S/C27H30N4O4/c1-31(19-20-7-4-3-5-8-20)27(34)22-9-6-10-24(17-22)29-18-25(32)30-23-13-11-21(12-14-23)26(33)28-15-16-35-2/h3-14,17,29H,15-16,18-19H2,1-2H3,(H,28,33)(H,30,32). The van der Waals surface area contributed by atoms with Crippen molar-refractivity contribution in [2.24, 2.45) is 0 Å². The monoisotopic (exact) mass is 474 g/mol. The summed E-state index contributed by atoms with van der Waals surface area (Å²) in [5.74, 6) is -0.557. The molecule has 0 bridgehead atoms. The van der Waals surface area contributed by atoms with E-state index >= 15 is 0 Å². The SMILES string of the molecule is COCCNC(=O)c1ccc(NC(=O)CNc2cccc(C(=O)N(C)Cc3ccccc3)c2)cc1. The summed E-state index contributed by atoms with van der Waals surface area (Å²) in [6, 6.07) is 23.5. The first-order valence-electron chi connectivity index (χ1n) is 11.3. The van der Waals surface area contributed by atoms with Crippen LogP contribution in [0.5, 0.6) is 0 Å². The number of benzene rings is 3. The van der Waals surface area contributed by atoms with Crippen LogP contribution in [0.3, 0.4) is 0 Å². The maximum atomic E-state index is 12.8. The molecule has 3 aromatic carbocycles. The Kier molecular flexibility index (Phi) is 9.39. The number of ether oxygens (including phenoxy) is 1. The molecule has 8 heteroatoms. The number of anilines is 2. The third-order valence-corrected chi connectivity index (χ3v) is 5.19. The van der Waals surface area contributed by atoms with E-state index in [0.29, 0.717) is 42.2 Å². The van der Waals surface area contributed by atoms with Gasteiger partial charge in [0, 0.05) is 49.7 Å². The molecule has 0 aliphatic carbocycles. The Morgan fingerprint density at radius 2 is 1.60 bits per heavy atom. The van der Waals surface area contributed by atoms with Gasteiger partial charge in [0.25, 0.3) is 11.8 Å². The van der Waals surface area contributed by atoms with Gasteiger partial charge in [-0.25, -0.2) is 0 Å². The Hall–Kier alpha value is -4.17. The van der Waals surface area contributed by atoms with Crippen LogP contribution < -0.4 is 16.0 Å². The van der Waals surface area contributed by atoms with Gasteiger partial charge in [-0.1, -0.05) is 36.4 Å². The average molecular weight is 475 g/mol. The maximum absolute atomic E-state index is 12.8. The van der Waals surface area contributed by atoms with Crippen molar-refractivity contribution >= 4 is 29.1 Å². The maximum Gasteiger partial charge on any atom is 0.253 e. The van der Waals surface area contributed by atoms with Crippen molar-refractivity contribution < 1.29 is 19.1 Å². The number of nitrogens with zero attached hydrogens (tertiary/aromatic N) is 1. The van der Waals surface area contributed by atoms with Crippen LogP contribution >= 0.6 is 0 Å².